The van der Waals surface area contributed by atoms with Gasteiger partial charge in [-0.25, -0.2) is 0 Å². The SMILES string of the molecule is Cc1ccc2c(c1SC(c1ccccn1)C(F)(F)F)CCNCC2. The Bertz CT molecular complexity index is 701. The van der Waals surface area contributed by atoms with E-state index in [9.17, 15) is 13.2 Å². The second kappa shape index (κ2) is 7.15. The van der Waals surface area contributed by atoms with Gasteiger partial charge in [0.15, 0.2) is 0 Å². The van der Waals surface area contributed by atoms with E-state index in [4.69, 9.17) is 0 Å². The van der Waals surface area contributed by atoms with E-state index in [1.54, 1.807) is 12.1 Å². The van der Waals surface area contributed by atoms with Crippen molar-refractivity contribution in [2.45, 2.75) is 36.1 Å². The molecule has 24 heavy (non-hydrogen) atoms. The number of rotatable bonds is 3. The van der Waals surface area contributed by atoms with Gasteiger partial charge in [-0.05, 0) is 61.7 Å². The van der Waals surface area contributed by atoms with Crippen LogP contribution in [0.4, 0.5) is 13.2 Å². The first-order chi connectivity index (χ1) is 11.5. The largest absolute Gasteiger partial charge is 0.406 e. The molecule has 1 unspecified atom stereocenters. The fraction of sp³-hybridized carbons (Fsp3) is 0.389. The van der Waals surface area contributed by atoms with Crippen molar-refractivity contribution in [3.63, 3.8) is 0 Å². The first-order valence-electron chi connectivity index (χ1n) is 7.93. The van der Waals surface area contributed by atoms with E-state index in [-0.39, 0.29) is 5.69 Å². The molecule has 1 atom stereocenters. The third-order valence-corrected chi connectivity index (χ3v) is 5.72. The molecule has 1 aliphatic rings. The van der Waals surface area contributed by atoms with E-state index < -0.39 is 11.4 Å². The Morgan fingerprint density at radius 1 is 1.12 bits per heavy atom. The van der Waals surface area contributed by atoms with Crippen LogP contribution in [0.15, 0.2) is 41.4 Å². The minimum Gasteiger partial charge on any atom is -0.316 e. The lowest BCUT2D eigenvalue weighted by Crippen LogP contribution is -2.19. The van der Waals surface area contributed by atoms with Crippen LogP contribution >= 0.6 is 11.8 Å². The lowest BCUT2D eigenvalue weighted by molar-refractivity contribution is -0.130. The summed E-state index contributed by atoms with van der Waals surface area (Å²) in [6, 6.07) is 8.66. The monoisotopic (exact) mass is 352 g/mol. The second-order valence-corrected chi connectivity index (χ2v) is 7.01. The zero-order valence-electron chi connectivity index (χ0n) is 13.4. The molecular weight excluding hydrogens is 333 g/mol. The topological polar surface area (TPSA) is 24.9 Å². The number of fused-ring (bicyclic) bond motifs is 1. The van der Waals surface area contributed by atoms with Crippen LogP contribution in [0, 0.1) is 6.92 Å². The number of thioether (sulfide) groups is 1. The fourth-order valence-electron chi connectivity index (χ4n) is 2.96. The van der Waals surface area contributed by atoms with E-state index in [0.717, 1.165) is 59.3 Å². The van der Waals surface area contributed by atoms with Crippen molar-refractivity contribution >= 4 is 11.8 Å². The number of aromatic nitrogens is 1. The van der Waals surface area contributed by atoms with Gasteiger partial charge in [0.25, 0.3) is 0 Å². The highest BCUT2D eigenvalue weighted by Gasteiger charge is 2.43. The smallest absolute Gasteiger partial charge is 0.316 e. The summed E-state index contributed by atoms with van der Waals surface area (Å²) in [6.45, 7) is 3.54. The highest BCUT2D eigenvalue weighted by molar-refractivity contribution is 7.99. The van der Waals surface area contributed by atoms with Gasteiger partial charge in [0.1, 0.15) is 5.25 Å². The van der Waals surface area contributed by atoms with Crippen LogP contribution in [0.1, 0.15) is 27.6 Å². The van der Waals surface area contributed by atoms with E-state index >= 15 is 0 Å². The van der Waals surface area contributed by atoms with E-state index in [1.807, 2.05) is 19.1 Å². The molecule has 3 rings (SSSR count). The highest BCUT2D eigenvalue weighted by atomic mass is 32.2. The van der Waals surface area contributed by atoms with E-state index in [1.165, 1.54) is 12.3 Å². The summed E-state index contributed by atoms with van der Waals surface area (Å²) >= 11 is 0.884. The van der Waals surface area contributed by atoms with Gasteiger partial charge in [-0.15, -0.1) is 11.8 Å². The minimum absolute atomic E-state index is 0.0544. The van der Waals surface area contributed by atoms with Crippen LogP contribution in [0.3, 0.4) is 0 Å². The van der Waals surface area contributed by atoms with Gasteiger partial charge in [0, 0.05) is 11.1 Å². The number of hydrogen-bond acceptors (Lipinski definition) is 3. The van der Waals surface area contributed by atoms with Gasteiger partial charge in [0.2, 0.25) is 0 Å². The predicted molar refractivity (Wildman–Crippen MR) is 90.3 cm³/mol. The average Bonchev–Trinajstić information content (AvgIpc) is 2.79. The molecule has 1 N–H and O–H groups in total. The van der Waals surface area contributed by atoms with Crippen LogP contribution in [0.5, 0.6) is 0 Å². The number of alkyl halides is 3. The van der Waals surface area contributed by atoms with Crippen molar-refractivity contribution < 1.29 is 13.2 Å². The Kier molecular flexibility index (Phi) is 5.15. The third kappa shape index (κ3) is 3.75. The molecule has 2 aromatic rings. The maximum atomic E-state index is 13.7. The summed E-state index contributed by atoms with van der Waals surface area (Å²) in [6.07, 6.45) is -1.33. The molecule has 2 heterocycles. The predicted octanol–water partition coefficient (Wildman–Crippen LogP) is 4.47. The lowest BCUT2D eigenvalue weighted by atomic mass is 10.0. The minimum atomic E-state index is -4.35. The van der Waals surface area contributed by atoms with E-state index in [0.29, 0.717) is 0 Å². The highest BCUT2D eigenvalue weighted by Crippen LogP contribution is 2.48. The average molecular weight is 352 g/mol. The van der Waals surface area contributed by atoms with Crippen molar-refractivity contribution in [2.24, 2.45) is 0 Å². The molecule has 1 aromatic carbocycles. The Morgan fingerprint density at radius 3 is 2.62 bits per heavy atom. The van der Waals surface area contributed by atoms with Gasteiger partial charge < -0.3 is 5.32 Å². The molecule has 1 aromatic heterocycles. The van der Waals surface area contributed by atoms with Crippen molar-refractivity contribution in [1.82, 2.24) is 10.3 Å². The summed E-state index contributed by atoms with van der Waals surface area (Å²) in [4.78, 5) is 4.70. The van der Waals surface area contributed by atoms with Crippen LogP contribution in [-0.2, 0) is 12.8 Å². The number of aryl methyl sites for hydroxylation is 1. The number of pyridine rings is 1. The molecule has 1 aliphatic heterocycles. The van der Waals surface area contributed by atoms with Gasteiger partial charge in [0.05, 0.1) is 5.69 Å². The lowest BCUT2D eigenvalue weighted by Gasteiger charge is -2.23. The number of benzene rings is 1. The summed E-state index contributed by atoms with van der Waals surface area (Å²) in [5.74, 6) is 0. The number of nitrogens with zero attached hydrogens (tertiary/aromatic N) is 1. The Morgan fingerprint density at radius 2 is 1.92 bits per heavy atom. The van der Waals surface area contributed by atoms with E-state index in [2.05, 4.69) is 10.3 Å². The molecule has 0 aliphatic carbocycles. The standard InChI is InChI=1S/C18H19F3N2S/c1-12-5-6-13-7-10-22-11-8-14(13)16(12)24-17(18(19,20)21)15-4-2-3-9-23-15/h2-6,9,17,22H,7-8,10-11H2,1H3. The van der Waals surface area contributed by atoms with Crippen LogP contribution < -0.4 is 5.32 Å². The number of hydrogen-bond donors (Lipinski definition) is 1. The second-order valence-electron chi connectivity index (χ2n) is 5.89. The molecule has 0 bridgehead atoms. The van der Waals surface area contributed by atoms with Crippen molar-refractivity contribution in [2.75, 3.05) is 13.1 Å². The summed E-state index contributed by atoms with van der Waals surface area (Å²) < 4.78 is 41.0. The summed E-state index contributed by atoms with van der Waals surface area (Å²) in [5.41, 5.74) is 3.15. The first-order valence-corrected chi connectivity index (χ1v) is 8.81. The third-order valence-electron chi connectivity index (χ3n) is 4.17. The van der Waals surface area contributed by atoms with Gasteiger partial charge >= 0.3 is 6.18 Å². The zero-order valence-corrected chi connectivity index (χ0v) is 14.2. The van der Waals surface area contributed by atoms with Gasteiger partial charge in [-0.3, -0.25) is 4.98 Å². The summed E-state index contributed by atoms with van der Waals surface area (Å²) in [5, 5.41) is 1.66. The fourth-order valence-corrected chi connectivity index (χ4v) is 4.22. The molecule has 0 fully saturated rings. The van der Waals surface area contributed by atoms with Crippen LogP contribution in [-0.4, -0.2) is 24.2 Å². The molecule has 0 saturated heterocycles. The van der Waals surface area contributed by atoms with Crippen LogP contribution in [0.2, 0.25) is 0 Å². The molecule has 6 heteroatoms. The first kappa shape index (κ1) is 17.3. The van der Waals surface area contributed by atoms with Gasteiger partial charge in [-0.2, -0.15) is 13.2 Å². The molecular formula is C18H19F3N2S. The Hall–Kier alpha value is -1.53. The van der Waals surface area contributed by atoms with Crippen molar-refractivity contribution in [1.29, 1.82) is 0 Å². The Balaban J connectivity index is 2.02. The zero-order chi connectivity index (χ0) is 17.2. The number of nitrogens with one attached hydrogen (secondary N) is 1. The molecule has 2 nitrogen and oxygen atoms in total. The molecule has 0 spiro atoms. The molecule has 128 valence electrons. The van der Waals surface area contributed by atoms with Crippen LogP contribution in [0.25, 0.3) is 0 Å². The van der Waals surface area contributed by atoms with Crippen molar-refractivity contribution in [3.05, 3.63) is 58.9 Å². The Labute approximate surface area is 143 Å². The normalized spacial score (nSPS) is 16.3. The van der Waals surface area contributed by atoms with Crippen molar-refractivity contribution in [3.8, 4) is 0 Å². The quantitative estimate of drug-likeness (QED) is 0.825. The molecule has 0 saturated carbocycles. The maximum absolute atomic E-state index is 13.7. The van der Waals surface area contributed by atoms with Gasteiger partial charge in [-0.1, -0.05) is 18.2 Å². The number of halogens is 3. The molecule has 0 radical (unpaired) electrons. The summed E-state index contributed by atoms with van der Waals surface area (Å²) in [7, 11) is 0. The molecule has 0 amide bonds. The maximum Gasteiger partial charge on any atom is 0.406 e.